The van der Waals surface area contributed by atoms with Crippen LogP contribution in [0.2, 0.25) is 0 Å². The lowest BCUT2D eigenvalue weighted by Gasteiger charge is -2.15. The van der Waals surface area contributed by atoms with Crippen molar-refractivity contribution in [3.05, 3.63) is 113 Å². The second-order valence-corrected chi connectivity index (χ2v) is 7.98. The number of nitrogens with two attached hydrogens (primary N) is 1. The number of alkyl halides is 3. The van der Waals surface area contributed by atoms with Crippen molar-refractivity contribution >= 4 is 28.3 Å². The van der Waals surface area contributed by atoms with Gasteiger partial charge in [-0.05, 0) is 17.7 Å². The third-order valence-electron chi connectivity index (χ3n) is 5.85. The first-order valence-corrected chi connectivity index (χ1v) is 10.7. The quantitative estimate of drug-likeness (QED) is 0.264. The van der Waals surface area contributed by atoms with E-state index < -0.39 is 23.3 Å². The Morgan fingerprint density at radius 3 is 2.20 bits per heavy atom. The van der Waals surface area contributed by atoms with Gasteiger partial charge in [-0.15, -0.1) is 0 Å². The molecule has 2 heterocycles. The van der Waals surface area contributed by atoms with Gasteiger partial charge in [0.2, 0.25) is 5.78 Å². The minimum Gasteiger partial charge on any atom is -0.385 e. The van der Waals surface area contributed by atoms with Crippen molar-refractivity contribution in [1.29, 1.82) is 0 Å². The molecule has 4 N–H and O–H groups in total. The Hall–Kier alpha value is -4.59. The van der Waals surface area contributed by atoms with E-state index in [0.717, 1.165) is 6.07 Å². The molecule has 0 amide bonds. The van der Waals surface area contributed by atoms with Gasteiger partial charge in [0.15, 0.2) is 5.78 Å². The summed E-state index contributed by atoms with van der Waals surface area (Å²) in [6.07, 6.45) is -3.24. The average molecular weight is 473 g/mol. The van der Waals surface area contributed by atoms with Crippen LogP contribution >= 0.6 is 0 Å². The normalized spacial score (nSPS) is 11.6. The van der Waals surface area contributed by atoms with Gasteiger partial charge in [0.25, 0.3) is 0 Å². The zero-order valence-electron chi connectivity index (χ0n) is 18.1. The number of rotatable bonds is 5. The second-order valence-electron chi connectivity index (χ2n) is 7.98. The summed E-state index contributed by atoms with van der Waals surface area (Å²) >= 11 is 0. The molecule has 174 valence electrons. The average Bonchev–Trinajstić information content (AvgIpc) is 3.44. The molecule has 5 nitrogen and oxygen atoms in total. The number of fused-ring (bicyclic) bond motifs is 1. The van der Waals surface area contributed by atoms with Gasteiger partial charge in [0.1, 0.15) is 5.82 Å². The van der Waals surface area contributed by atoms with E-state index in [-0.39, 0.29) is 39.3 Å². The van der Waals surface area contributed by atoms with E-state index in [0.29, 0.717) is 10.9 Å². The molecule has 0 aliphatic heterocycles. The van der Waals surface area contributed by atoms with Crippen LogP contribution in [0.3, 0.4) is 0 Å². The van der Waals surface area contributed by atoms with Crippen LogP contribution in [0.4, 0.5) is 19.0 Å². The number of carbonyl (C=O) groups excluding carboxylic acids is 2. The molecule has 0 radical (unpaired) electrons. The highest BCUT2D eigenvalue weighted by Gasteiger charge is 2.37. The minimum absolute atomic E-state index is 0.181. The summed E-state index contributed by atoms with van der Waals surface area (Å²) in [6, 6.07) is 19.9. The molecule has 0 bridgehead atoms. The van der Waals surface area contributed by atoms with Crippen LogP contribution in [0.15, 0.2) is 85.1 Å². The van der Waals surface area contributed by atoms with Crippen LogP contribution in [0.5, 0.6) is 0 Å². The summed E-state index contributed by atoms with van der Waals surface area (Å²) in [5.41, 5.74) is 5.50. The summed E-state index contributed by atoms with van der Waals surface area (Å²) in [6.45, 7) is 0. The predicted octanol–water partition coefficient (Wildman–Crippen LogP) is 6.23. The van der Waals surface area contributed by atoms with Crippen molar-refractivity contribution in [3.63, 3.8) is 0 Å². The Balaban J connectivity index is 1.80. The molecule has 0 saturated heterocycles. The number of hydrogen-bond donors (Lipinski definition) is 3. The first-order chi connectivity index (χ1) is 16.8. The van der Waals surface area contributed by atoms with Crippen molar-refractivity contribution < 1.29 is 22.8 Å². The third kappa shape index (κ3) is 3.78. The topological polar surface area (TPSA) is 91.7 Å². The molecule has 0 spiro atoms. The van der Waals surface area contributed by atoms with Gasteiger partial charge >= 0.3 is 6.18 Å². The first kappa shape index (κ1) is 22.2. The zero-order valence-corrected chi connectivity index (χ0v) is 18.1. The summed E-state index contributed by atoms with van der Waals surface area (Å²) in [4.78, 5) is 32.9. The summed E-state index contributed by atoms with van der Waals surface area (Å²) in [7, 11) is 0. The molecule has 2 aromatic heterocycles. The van der Waals surface area contributed by atoms with Crippen LogP contribution in [0, 0.1) is 0 Å². The van der Waals surface area contributed by atoms with Crippen LogP contribution < -0.4 is 5.73 Å². The number of aromatic nitrogens is 2. The SMILES string of the molecule is Nc1[nH]c(C(=O)c2ccccc2)c(-c2ccccc2C(F)(F)F)c1C(=O)c1c[nH]c2ccccc12. The molecule has 5 rings (SSSR count). The molecular formula is C27H18F3N3O2. The van der Waals surface area contributed by atoms with Gasteiger partial charge in [0, 0.05) is 33.8 Å². The molecule has 0 saturated carbocycles. The monoisotopic (exact) mass is 473 g/mol. The number of aromatic amines is 2. The highest BCUT2D eigenvalue weighted by molar-refractivity contribution is 6.24. The maximum atomic E-state index is 14.0. The number of halogens is 3. The van der Waals surface area contributed by atoms with Crippen molar-refractivity contribution in [2.45, 2.75) is 6.18 Å². The van der Waals surface area contributed by atoms with Gasteiger partial charge in [0.05, 0.1) is 16.8 Å². The lowest BCUT2D eigenvalue weighted by Crippen LogP contribution is -2.11. The van der Waals surface area contributed by atoms with Crippen molar-refractivity contribution in [2.24, 2.45) is 0 Å². The Labute approximate surface area is 197 Å². The number of benzene rings is 3. The Kier molecular flexibility index (Phi) is 5.28. The lowest BCUT2D eigenvalue weighted by molar-refractivity contribution is -0.137. The number of carbonyl (C=O) groups is 2. The molecule has 0 unspecified atom stereocenters. The number of nitrogens with one attached hydrogen (secondary N) is 2. The molecule has 0 atom stereocenters. The van der Waals surface area contributed by atoms with Crippen molar-refractivity contribution in [1.82, 2.24) is 9.97 Å². The van der Waals surface area contributed by atoms with E-state index in [1.165, 1.54) is 24.4 Å². The molecule has 0 fully saturated rings. The number of hydrogen-bond acceptors (Lipinski definition) is 3. The summed E-state index contributed by atoms with van der Waals surface area (Å²) in [5, 5.41) is 0.587. The number of nitrogen functional groups attached to an aromatic ring is 1. The fraction of sp³-hybridized carbons (Fsp3) is 0.0370. The number of ketones is 2. The molecule has 5 aromatic rings. The fourth-order valence-electron chi connectivity index (χ4n) is 4.27. The van der Waals surface area contributed by atoms with E-state index in [4.69, 9.17) is 5.73 Å². The van der Waals surface area contributed by atoms with E-state index in [1.807, 2.05) is 0 Å². The zero-order chi connectivity index (χ0) is 24.7. The Morgan fingerprint density at radius 2 is 1.46 bits per heavy atom. The van der Waals surface area contributed by atoms with Gasteiger partial charge < -0.3 is 15.7 Å². The third-order valence-corrected chi connectivity index (χ3v) is 5.85. The summed E-state index contributed by atoms with van der Waals surface area (Å²) < 4.78 is 42.0. The van der Waals surface area contributed by atoms with Crippen LogP contribution in [-0.4, -0.2) is 21.5 Å². The van der Waals surface area contributed by atoms with Crippen LogP contribution in [0.25, 0.3) is 22.0 Å². The smallest absolute Gasteiger partial charge is 0.385 e. The Morgan fingerprint density at radius 1 is 0.800 bits per heavy atom. The highest BCUT2D eigenvalue weighted by Crippen LogP contribution is 2.42. The lowest BCUT2D eigenvalue weighted by atomic mass is 9.90. The molecule has 3 aromatic carbocycles. The minimum atomic E-state index is -4.73. The van der Waals surface area contributed by atoms with E-state index in [9.17, 15) is 22.8 Å². The molecule has 0 aliphatic carbocycles. The fourth-order valence-corrected chi connectivity index (χ4v) is 4.27. The maximum absolute atomic E-state index is 14.0. The van der Waals surface area contributed by atoms with Gasteiger partial charge in [-0.1, -0.05) is 66.7 Å². The van der Waals surface area contributed by atoms with Crippen molar-refractivity contribution in [2.75, 3.05) is 5.73 Å². The molecule has 35 heavy (non-hydrogen) atoms. The van der Waals surface area contributed by atoms with Crippen molar-refractivity contribution in [3.8, 4) is 11.1 Å². The van der Waals surface area contributed by atoms with E-state index in [1.54, 1.807) is 54.6 Å². The van der Waals surface area contributed by atoms with Gasteiger partial charge in [-0.3, -0.25) is 9.59 Å². The van der Waals surface area contributed by atoms with Gasteiger partial charge in [-0.2, -0.15) is 13.2 Å². The number of H-pyrrole nitrogens is 2. The predicted molar refractivity (Wildman–Crippen MR) is 127 cm³/mol. The molecule has 8 heteroatoms. The number of anilines is 1. The first-order valence-electron chi connectivity index (χ1n) is 10.7. The molecular weight excluding hydrogens is 455 g/mol. The Bertz CT molecular complexity index is 1580. The van der Waals surface area contributed by atoms with Gasteiger partial charge in [-0.25, -0.2) is 0 Å². The van der Waals surface area contributed by atoms with Crippen LogP contribution in [-0.2, 0) is 6.18 Å². The summed E-state index contributed by atoms with van der Waals surface area (Å²) in [5.74, 6) is -1.37. The van der Waals surface area contributed by atoms with Crippen LogP contribution in [0.1, 0.15) is 37.5 Å². The molecule has 0 aliphatic rings. The maximum Gasteiger partial charge on any atom is 0.417 e. The standard InChI is InChI=1S/C27H18F3N3O2/c28-27(29,30)19-12-6-4-11-17(19)21-22(25(35)18-14-32-20-13-7-5-10-16(18)20)26(31)33-23(21)24(34)15-8-2-1-3-9-15/h1-14,32-33H,31H2. The van der Waals surface area contributed by atoms with E-state index in [2.05, 4.69) is 9.97 Å². The second kappa shape index (κ2) is 8.32. The van der Waals surface area contributed by atoms with E-state index >= 15 is 0 Å². The largest absolute Gasteiger partial charge is 0.417 e. The highest BCUT2D eigenvalue weighted by atomic mass is 19.4. The number of para-hydroxylation sites is 1.